The number of nitrogens with two attached hydrogens (primary N) is 1. The van der Waals surface area contributed by atoms with Crippen LogP contribution in [0.15, 0.2) is 72.1 Å². The predicted molar refractivity (Wildman–Crippen MR) is 124 cm³/mol. The second kappa shape index (κ2) is 8.21. The standard InChI is InChI=1S/C24H33N5/c1-27(2)20-11-7-18(8-12-20)24(19-9-13-21(14-10-19)28(3)4)16-15-23(29(5)6)22(17-24)26-25/h7-16,26H,17,25H2,1-6H3. The summed E-state index contributed by atoms with van der Waals surface area (Å²) in [5.41, 5.74) is 9.70. The van der Waals surface area contributed by atoms with E-state index in [-0.39, 0.29) is 5.41 Å². The molecular formula is C24H33N5. The minimum Gasteiger partial charge on any atom is -0.378 e. The van der Waals surface area contributed by atoms with Crippen molar-refractivity contribution >= 4 is 11.4 Å². The van der Waals surface area contributed by atoms with Gasteiger partial charge in [0.1, 0.15) is 0 Å². The average Bonchev–Trinajstić information content (AvgIpc) is 2.73. The van der Waals surface area contributed by atoms with Gasteiger partial charge in [0, 0.05) is 65.5 Å². The van der Waals surface area contributed by atoms with Gasteiger partial charge in [-0.2, -0.15) is 0 Å². The molecule has 0 amide bonds. The largest absolute Gasteiger partial charge is 0.378 e. The summed E-state index contributed by atoms with van der Waals surface area (Å²) >= 11 is 0. The molecule has 1 aliphatic rings. The molecule has 0 radical (unpaired) electrons. The maximum Gasteiger partial charge on any atom is 0.0565 e. The maximum atomic E-state index is 5.95. The van der Waals surface area contributed by atoms with Gasteiger partial charge in [0.2, 0.25) is 0 Å². The van der Waals surface area contributed by atoms with Crippen LogP contribution in [0.4, 0.5) is 11.4 Å². The first-order valence-electron chi connectivity index (χ1n) is 9.90. The number of rotatable bonds is 6. The minimum absolute atomic E-state index is 0.281. The summed E-state index contributed by atoms with van der Waals surface area (Å²) in [6.45, 7) is 0. The molecule has 0 fully saturated rings. The Kier molecular flexibility index (Phi) is 5.89. The Morgan fingerprint density at radius 2 is 1.17 bits per heavy atom. The van der Waals surface area contributed by atoms with Gasteiger partial charge in [-0.3, -0.25) is 5.84 Å². The quantitative estimate of drug-likeness (QED) is 0.584. The van der Waals surface area contributed by atoms with Crippen molar-refractivity contribution in [3.05, 3.63) is 83.2 Å². The van der Waals surface area contributed by atoms with Crippen molar-refractivity contribution in [2.75, 3.05) is 52.1 Å². The number of nitrogens with zero attached hydrogens (tertiary/aromatic N) is 3. The smallest absolute Gasteiger partial charge is 0.0565 e. The molecule has 0 heterocycles. The van der Waals surface area contributed by atoms with Gasteiger partial charge in [0.05, 0.1) is 11.4 Å². The highest BCUT2D eigenvalue weighted by molar-refractivity contribution is 5.57. The van der Waals surface area contributed by atoms with Gasteiger partial charge >= 0.3 is 0 Å². The van der Waals surface area contributed by atoms with Crippen molar-refractivity contribution in [3.8, 4) is 0 Å². The minimum atomic E-state index is -0.281. The van der Waals surface area contributed by atoms with E-state index in [1.807, 2.05) is 14.1 Å². The molecule has 0 aliphatic heterocycles. The van der Waals surface area contributed by atoms with E-state index in [2.05, 4.69) is 109 Å². The first-order chi connectivity index (χ1) is 13.8. The first kappa shape index (κ1) is 20.8. The van der Waals surface area contributed by atoms with Crippen LogP contribution >= 0.6 is 0 Å². The third-order valence-corrected chi connectivity index (χ3v) is 5.74. The molecule has 0 unspecified atom stereocenters. The van der Waals surface area contributed by atoms with Crippen LogP contribution in [-0.2, 0) is 5.41 Å². The maximum absolute atomic E-state index is 5.95. The third kappa shape index (κ3) is 3.96. The number of nitrogens with one attached hydrogen (secondary N) is 1. The fourth-order valence-electron chi connectivity index (χ4n) is 3.97. The first-order valence-corrected chi connectivity index (χ1v) is 9.90. The Balaban J connectivity index is 2.13. The van der Waals surface area contributed by atoms with E-state index in [0.29, 0.717) is 0 Å². The van der Waals surface area contributed by atoms with Gasteiger partial charge in [-0.15, -0.1) is 0 Å². The average molecular weight is 392 g/mol. The normalized spacial score (nSPS) is 15.3. The van der Waals surface area contributed by atoms with E-state index in [1.165, 1.54) is 22.5 Å². The zero-order valence-corrected chi connectivity index (χ0v) is 18.4. The second-order valence-electron chi connectivity index (χ2n) is 8.27. The molecule has 2 aromatic rings. The Morgan fingerprint density at radius 3 is 1.52 bits per heavy atom. The molecule has 1 aliphatic carbocycles. The number of hydrogen-bond acceptors (Lipinski definition) is 5. The molecule has 0 saturated heterocycles. The lowest BCUT2D eigenvalue weighted by atomic mass is 9.69. The molecule has 3 rings (SSSR count). The van der Waals surface area contributed by atoms with Crippen LogP contribution in [0.25, 0.3) is 0 Å². The van der Waals surface area contributed by atoms with Crippen molar-refractivity contribution in [2.45, 2.75) is 11.8 Å². The van der Waals surface area contributed by atoms with Crippen LogP contribution in [0.3, 0.4) is 0 Å². The van der Waals surface area contributed by atoms with Crippen molar-refractivity contribution in [2.24, 2.45) is 5.84 Å². The molecule has 2 aromatic carbocycles. The molecule has 154 valence electrons. The molecule has 0 bridgehead atoms. The molecule has 0 aromatic heterocycles. The number of benzene rings is 2. The summed E-state index contributed by atoms with van der Waals surface area (Å²) in [4.78, 5) is 6.34. The van der Waals surface area contributed by atoms with Crippen molar-refractivity contribution in [1.82, 2.24) is 10.3 Å². The zero-order chi connectivity index (χ0) is 21.2. The van der Waals surface area contributed by atoms with Crippen LogP contribution in [0.2, 0.25) is 0 Å². The Hall–Kier alpha value is -2.92. The summed E-state index contributed by atoms with van der Waals surface area (Å²) in [5, 5.41) is 0. The number of likely N-dealkylation sites (N-methyl/N-ethyl adjacent to an activating group) is 1. The van der Waals surface area contributed by atoms with Crippen LogP contribution in [0.5, 0.6) is 0 Å². The number of anilines is 2. The SMILES string of the molecule is CN(C)C1=C(NN)CC(c2ccc(N(C)C)cc2)(c2ccc(N(C)C)cc2)C=C1. The van der Waals surface area contributed by atoms with Crippen LogP contribution < -0.4 is 21.1 Å². The van der Waals surface area contributed by atoms with Gasteiger partial charge < -0.3 is 20.1 Å². The van der Waals surface area contributed by atoms with Crippen LogP contribution in [0.1, 0.15) is 17.5 Å². The van der Waals surface area contributed by atoms with E-state index in [9.17, 15) is 0 Å². The highest BCUT2D eigenvalue weighted by atomic mass is 15.2. The molecular weight excluding hydrogens is 358 g/mol. The molecule has 29 heavy (non-hydrogen) atoms. The fourth-order valence-corrected chi connectivity index (χ4v) is 3.97. The summed E-state index contributed by atoms with van der Waals surface area (Å²) in [6.07, 6.45) is 5.27. The van der Waals surface area contributed by atoms with E-state index < -0.39 is 0 Å². The Morgan fingerprint density at radius 1 is 0.724 bits per heavy atom. The topological polar surface area (TPSA) is 47.8 Å². The highest BCUT2D eigenvalue weighted by Gasteiger charge is 2.36. The van der Waals surface area contributed by atoms with E-state index in [1.54, 1.807) is 0 Å². The number of allylic oxidation sites excluding steroid dienone is 3. The second-order valence-corrected chi connectivity index (χ2v) is 8.27. The highest BCUT2D eigenvalue weighted by Crippen LogP contribution is 2.43. The molecule has 5 nitrogen and oxygen atoms in total. The van der Waals surface area contributed by atoms with Crippen LogP contribution in [-0.4, -0.2) is 47.2 Å². The van der Waals surface area contributed by atoms with Gasteiger partial charge in [0.25, 0.3) is 0 Å². The molecule has 5 heteroatoms. The summed E-state index contributed by atoms with van der Waals surface area (Å²) in [6, 6.07) is 17.6. The van der Waals surface area contributed by atoms with E-state index in [0.717, 1.165) is 17.8 Å². The number of hydrazine groups is 1. The number of hydrogen-bond donors (Lipinski definition) is 2. The summed E-state index contributed by atoms with van der Waals surface area (Å²) in [5.74, 6) is 5.95. The van der Waals surface area contributed by atoms with Gasteiger partial charge in [0.15, 0.2) is 0 Å². The van der Waals surface area contributed by atoms with Gasteiger partial charge in [-0.25, -0.2) is 0 Å². The molecule has 0 spiro atoms. The lowest BCUT2D eigenvalue weighted by Crippen LogP contribution is -2.36. The lowest BCUT2D eigenvalue weighted by Gasteiger charge is -2.38. The van der Waals surface area contributed by atoms with Gasteiger partial charge in [-0.05, 0) is 41.5 Å². The molecule has 0 saturated carbocycles. The predicted octanol–water partition coefficient (Wildman–Crippen LogP) is 3.30. The molecule has 3 N–H and O–H groups in total. The zero-order valence-electron chi connectivity index (χ0n) is 18.4. The van der Waals surface area contributed by atoms with Gasteiger partial charge in [-0.1, -0.05) is 30.3 Å². The van der Waals surface area contributed by atoms with Crippen molar-refractivity contribution < 1.29 is 0 Å². The van der Waals surface area contributed by atoms with Crippen molar-refractivity contribution in [3.63, 3.8) is 0 Å². The monoisotopic (exact) mass is 391 g/mol. The Labute approximate surface area is 175 Å². The summed E-state index contributed by atoms with van der Waals surface area (Å²) < 4.78 is 0. The van der Waals surface area contributed by atoms with E-state index >= 15 is 0 Å². The van der Waals surface area contributed by atoms with Crippen LogP contribution in [0, 0.1) is 0 Å². The fraction of sp³-hybridized carbons (Fsp3) is 0.333. The molecule has 0 atom stereocenters. The Bertz CT molecular complexity index is 838. The lowest BCUT2D eigenvalue weighted by molar-refractivity contribution is 0.483. The van der Waals surface area contributed by atoms with Crippen molar-refractivity contribution in [1.29, 1.82) is 0 Å². The van der Waals surface area contributed by atoms with E-state index in [4.69, 9.17) is 5.84 Å². The summed E-state index contributed by atoms with van der Waals surface area (Å²) in [7, 11) is 12.3. The third-order valence-electron chi connectivity index (χ3n) is 5.74.